The third-order valence-electron chi connectivity index (χ3n) is 5.40. The first-order chi connectivity index (χ1) is 12.6. The van der Waals surface area contributed by atoms with Crippen LogP contribution in [0.4, 0.5) is 0 Å². The molecule has 1 aliphatic rings. The first-order valence-electron chi connectivity index (χ1n) is 9.32. The van der Waals surface area contributed by atoms with Crippen LogP contribution in [0.3, 0.4) is 0 Å². The summed E-state index contributed by atoms with van der Waals surface area (Å²) in [5.41, 5.74) is 1.66. The summed E-state index contributed by atoms with van der Waals surface area (Å²) in [6, 6.07) is 17.6. The lowest BCUT2D eigenvalue weighted by molar-refractivity contribution is 0.0216. The summed E-state index contributed by atoms with van der Waals surface area (Å²) >= 11 is 6.20. The van der Waals surface area contributed by atoms with E-state index in [0.29, 0.717) is 17.1 Å². The lowest BCUT2D eigenvalue weighted by Gasteiger charge is -2.42. The highest BCUT2D eigenvalue weighted by Gasteiger charge is 2.36. The fourth-order valence-corrected chi connectivity index (χ4v) is 4.13. The highest BCUT2D eigenvalue weighted by Crippen LogP contribution is 2.35. The molecule has 0 spiro atoms. The molecule has 0 radical (unpaired) electrons. The van der Waals surface area contributed by atoms with Crippen LogP contribution in [0.2, 0.25) is 5.02 Å². The second-order valence-electron chi connectivity index (χ2n) is 7.31. The molecule has 138 valence electrons. The van der Waals surface area contributed by atoms with E-state index in [2.05, 4.69) is 24.3 Å². The average molecular weight is 372 g/mol. The first-order valence-corrected chi connectivity index (χ1v) is 9.70. The Morgan fingerprint density at radius 2 is 1.85 bits per heavy atom. The Labute approximate surface area is 160 Å². The van der Waals surface area contributed by atoms with E-state index in [-0.39, 0.29) is 17.9 Å². The van der Waals surface area contributed by atoms with Gasteiger partial charge in [0.1, 0.15) is 0 Å². The fourth-order valence-electron chi connectivity index (χ4n) is 3.91. The zero-order valence-corrected chi connectivity index (χ0v) is 15.8. The van der Waals surface area contributed by atoms with Crippen molar-refractivity contribution < 1.29 is 9.90 Å². The maximum absolute atomic E-state index is 12.9. The van der Waals surface area contributed by atoms with Crippen LogP contribution in [0.1, 0.15) is 41.6 Å². The summed E-state index contributed by atoms with van der Waals surface area (Å²) in [5, 5.41) is 10.6. The minimum Gasteiger partial charge on any atom is -0.396 e. The zero-order valence-electron chi connectivity index (χ0n) is 15.0. The number of rotatable bonds is 6. The number of amides is 1. The molecule has 3 rings (SSSR count). The summed E-state index contributed by atoms with van der Waals surface area (Å²) in [6.45, 7) is 1.45. The van der Waals surface area contributed by atoms with Gasteiger partial charge >= 0.3 is 0 Å². The summed E-state index contributed by atoms with van der Waals surface area (Å²) in [4.78, 5) is 14.7. The Bertz CT molecular complexity index is 734. The zero-order chi connectivity index (χ0) is 18.4. The Hall–Kier alpha value is -1.84. The molecule has 1 saturated heterocycles. The number of nitrogens with zero attached hydrogens (tertiary/aromatic N) is 1. The Morgan fingerprint density at radius 1 is 1.12 bits per heavy atom. The normalized spacial score (nSPS) is 20.2. The molecule has 1 amide bonds. The number of likely N-dealkylation sites (tertiary alicyclic amines) is 1. The van der Waals surface area contributed by atoms with Gasteiger partial charge in [0, 0.05) is 18.5 Å². The lowest BCUT2D eigenvalue weighted by Crippen LogP contribution is -2.48. The predicted molar refractivity (Wildman–Crippen MR) is 105 cm³/mol. The fraction of sp³-hybridized carbons (Fsp3) is 0.409. The summed E-state index contributed by atoms with van der Waals surface area (Å²) in [7, 11) is 0. The van der Waals surface area contributed by atoms with Crippen LogP contribution < -0.4 is 0 Å². The first kappa shape index (κ1) is 18.9. The standard InChI is InChI=1S/C22H26ClNO2/c23-20-12-5-4-11-19(20)21(26)24-15-7-14-22(16-24,17-25)13-6-10-18-8-2-1-3-9-18/h1-5,8-9,11-12,25H,6-7,10,13-17H2/t22-/m0/s1. The van der Waals surface area contributed by atoms with Crippen molar-refractivity contribution in [3.8, 4) is 0 Å². The van der Waals surface area contributed by atoms with Crippen molar-refractivity contribution >= 4 is 17.5 Å². The number of halogens is 1. The lowest BCUT2D eigenvalue weighted by atomic mass is 9.76. The van der Waals surface area contributed by atoms with Crippen molar-refractivity contribution in [3.63, 3.8) is 0 Å². The second kappa shape index (κ2) is 8.70. The van der Waals surface area contributed by atoms with Crippen LogP contribution in [0.15, 0.2) is 54.6 Å². The van der Waals surface area contributed by atoms with Crippen molar-refractivity contribution in [2.24, 2.45) is 5.41 Å². The van der Waals surface area contributed by atoms with Crippen LogP contribution >= 0.6 is 11.6 Å². The molecule has 0 aliphatic carbocycles. The van der Waals surface area contributed by atoms with Crippen LogP contribution in [0.25, 0.3) is 0 Å². The third-order valence-corrected chi connectivity index (χ3v) is 5.73. The minimum atomic E-state index is -0.204. The van der Waals surface area contributed by atoms with E-state index in [1.54, 1.807) is 12.1 Å². The summed E-state index contributed by atoms with van der Waals surface area (Å²) in [5.74, 6) is -0.0313. The third kappa shape index (κ3) is 4.46. The van der Waals surface area contributed by atoms with Gasteiger partial charge in [-0.25, -0.2) is 0 Å². The highest BCUT2D eigenvalue weighted by molar-refractivity contribution is 6.33. The Morgan fingerprint density at radius 3 is 2.58 bits per heavy atom. The van der Waals surface area contributed by atoms with Gasteiger partial charge in [-0.2, -0.15) is 0 Å². The second-order valence-corrected chi connectivity index (χ2v) is 7.71. The number of benzene rings is 2. The van der Waals surface area contributed by atoms with Gasteiger partial charge in [0.25, 0.3) is 5.91 Å². The number of hydrogen-bond acceptors (Lipinski definition) is 2. The molecular formula is C22H26ClNO2. The number of carbonyl (C=O) groups is 1. The van der Waals surface area contributed by atoms with Gasteiger partial charge < -0.3 is 10.0 Å². The van der Waals surface area contributed by atoms with E-state index in [9.17, 15) is 9.90 Å². The van der Waals surface area contributed by atoms with Gasteiger partial charge in [0.15, 0.2) is 0 Å². The van der Waals surface area contributed by atoms with E-state index in [1.165, 1.54) is 5.56 Å². The number of hydrogen-bond donors (Lipinski definition) is 1. The summed E-state index contributed by atoms with van der Waals surface area (Å²) in [6.07, 6.45) is 4.82. The Balaban J connectivity index is 1.64. The van der Waals surface area contributed by atoms with E-state index in [0.717, 1.165) is 38.6 Å². The summed E-state index contributed by atoms with van der Waals surface area (Å²) < 4.78 is 0. The SMILES string of the molecule is O=C(c1ccccc1Cl)N1CCC[C@@](CO)(CCCc2ccccc2)C1. The smallest absolute Gasteiger partial charge is 0.255 e. The van der Waals surface area contributed by atoms with Crippen molar-refractivity contribution in [3.05, 3.63) is 70.7 Å². The van der Waals surface area contributed by atoms with Gasteiger partial charge in [-0.15, -0.1) is 0 Å². The van der Waals surface area contributed by atoms with Gasteiger partial charge in [0.2, 0.25) is 0 Å². The van der Waals surface area contributed by atoms with E-state index in [4.69, 9.17) is 11.6 Å². The maximum Gasteiger partial charge on any atom is 0.255 e. The molecule has 0 unspecified atom stereocenters. The van der Waals surface area contributed by atoms with Crippen LogP contribution in [-0.2, 0) is 6.42 Å². The molecule has 3 nitrogen and oxygen atoms in total. The molecular weight excluding hydrogens is 346 g/mol. The molecule has 1 aliphatic heterocycles. The van der Waals surface area contributed by atoms with Crippen LogP contribution in [0.5, 0.6) is 0 Å². The maximum atomic E-state index is 12.9. The topological polar surface area (TPSA) is 40.5 Å². The molecule has 0 aromatic heterocycles. The Kier molecular flexibility index (Phi) is 6.33. The number of aliphatic hydroxyl groups excluding tert-OH is 1. The van der Waals surface area contributed by atoms with Crippen molar-refractivity contribution in [2.45, 2.75) is 32.1 Å². The highest BCUT2D eigenvalue weighted by atomic mass is 35.5. The van der Waals surface area contributed by atoms with Crippen molar-refractivity contribution in [2.75, 3.05) is 19.7 Å². The molecule has 2 aromatic carbocycles. The van der Waals surface area contributed by atoms with Crippen molar-refractivity contribution in [1.29, 1.82) is 0 Å². The van der Waals surface area contributed by atoms with E-state index in [1.807, 2.05) is 23.1 Å². The predicted octanol–water partition coefficient (Wildman–Crippen LogP) is 4.58. The van der Waals surface area contributed by atoms with E-state index < -0.39 is 0 Å². The number of aliphatic hydroxyl groups is 1. The number of aryl methyl sites for hydroxylation is 1. The largest absolute Gasteiger partial charge is 0.396 e. The molecule has 4 heteroatoms. The quantitative estimate of drug-likeness (QED) is 0.807. The minimum absolute atomic E-state index is 0.0313. The van der Waals surface area contributed by atoms with Gasteiger partial charge in [-0.05, 0) is 49.8 Å². The number of piperidine rings is 1. The molecule has 26 heavy (non-hydrogen) atoms. The van der Waals surface area contributed by atoms with Gasteiger partial charge in [-0.1, -0.05) is 54.1 Å². The van der Waals surface area contributed by atoms with Gasteiger partial charge in [-0.3, -0.25) is 4.79 Å². The molecule has 0 bridgehead atoms. The average Bonchev–Trinajstić information content (AvgIpc) is 2.69. The molecule has 1 heterocycles. The molecule has 1 fully saturated rings. The molecule has 1 N–H and O–H groups in total. The van der Waals surface area contributed by atoms with Crippen LogP contribution in [-0.4, -0.2) is 35.6 Å². The monoisotopic (exact) mass is 371 g/mol. The molecule has 1 atom stereocenters. The molecule has 0 saturated carbocycles. The number of carbonyl (C=O) groups excluding carboxylic acids is 1. The van der Waals surface area contributed by atoms with E-state index >= 15 is 0 Å². The van der Waals surface area contributed by atoms with Crippen molar-refractivity contribution in [1.82, 2.24) is 4.90 Å². The molecule has 2 aromatic rings. The van der Waals surface area contributed by atoms with Crippen LogP contribution in [0, 0.1) is 5.41 Å². The van der Waals surface area contributed by atoms with Gasteiger partial charge in [0.05, 0.1) is 17.2 Å².